The summed E-state index contributed by atoms with van der Waals surface area (Å²) in [6, 6.07) is 10.6. The Morgan fingerprint density at radius 2 is 1.56 bits per heavy atom. The molecule has 98 valence electrons. The van der Waals surface area contributed by atoms with E-state index in [-0.39, 0.29) is 6.29 Å². The fourth-order valence-electron chi connectivity index (χ4n) is 2.79. The third-order valence-electron chi connectivity index (χ3n) is 3.86. The van der Waals surface area contributed by atoms with E-state index < -0.39 is 0 Å². The zero-order valence-electron chi connectivity index (χ0n) is 10.8. The van der Waals surface area contributed by atoms with Crippen LogP contribution in [-0.4, -0.2) is 37.2 Å². The molecule has 0 amide bonds. The Bertz CT molecular complexity index is 354. The molecular formula is C15H21NO2. The minimum atomic E-state index is -0.174. The number of hydrogen-bond donors (Lipinski definition) is 0. The smallest absolute Gasteiger partial charge is 0.183 e. The van der Waals surface area contributed by atoms with Crippen LogP contribution in [-0.2, 0) is 9.47 Å². The Labute approximate surface area is 109 Å². The van der Waals surface area contributed by atoms with Crippen molar-refractivity contribution in [2.24, 2.45) is 0 Å². The lowest BCUT2D eigenvalue weighted by molar-refractivity contribution is -0.210. The third-order valence-corrected chi connectivity index (χ3v) is 3.86. The Morgan fingerprint density at radius 1 is 0.889 bits per heavy atom. The Morgan fingerprint density at radius 3 is 2.22 bits per heavy atom. The topological polar surface area (TPSA) is 21.7 Å². The number of nitrogens with zero attached hydrogens (tertiary/aromatic N) is 1. The zero-order chi connectivity index (χ0) is 12.2. The van der Waals surface area contributed by atoms with E-state index in [1.165, 1.54) is 32.4 Å². The van der Waals surface area contributed by atoms with Gasteiger partial charge >= 0.3 is 0 Å². The van der Waals surface area contributed by atoms with Gasteiger partial charge in [0.1, 0.15) is 0 Å². The highest BCUT2D eigenvalue weighted by Crippen LogP contribution is 2.25. The van der Waals surface area contributed by atoms with Crippen molar-refractivity contribution >= 4 is 0 Å². The van der Waals surface area contributed by atoms with Gasteiger partial charge in [-0.05, 0) is 25.9 Å². The molecule has 2 fully saturated rings. The molecule has 0 spiro atoms. The third kappa shape index (κ3) is 2.74. The molecule has 3 rings (SSSR count). The van der Waals surface area contributed by atoms with Crippen LogP contribution in [0, 0.1) is 0 Å². The highest BCUT2D eigenvalue weighted by atomic mass is 16.7. The minimum Gasteiger partial charge on any atom is -0.347 e. The van der Waals surface area contributed by atoms with Gasteiger partial charge in [0.25, 0.3) is 0 Å². The van der Waals surface area contributed by atoms with Gasteiger partial charge in [0.05, 0.1) is 19.3 Å². The summed E-state index contributed by atoms with van der Waals surface area (Å²) in [5.74, 6) is 0. The molecule has 0 unspecified atom stereocenters. The van der Waals surface area contributed by atoms with Gasteiger partial charge < -0.3 is 9.47 Å². The average Bonchev–Trinajstić information content (AvgIpc) is 2.49. The first-order valence-electron chi connectivity index (χ1n) is 6.96. The summed E-state index contributed by atoms with van der Waals surface area (Å²) in [6.07, 6.45) is 3.83. The summed E-state index contributed by atoms with van der Waals surface area (Å²) in [7, 11) is 0. The highest BCUT2D eigenvalue weighted by Gasteiger charge is 2.28. The van der Waals surface area contributed by atoms with Gasteiger partial charge in [-0.15, -0.1) is 0 Å². The van der Waals surface area contributed by atoms with Crippen molar-refractivity contribution in [1.29, 1.82) is 0 Å². The van der Waals surface area contributed by atoms with Gasteiger partial charge in [-0.3, -0.25) is 4.90 Å². The second-order valence-electron chi connectivity index (χ2n) is 5.16. The van der Waals surface area contributed by atoms with E-state index in [4.69, 9.17) is 9.47 Å². The van der Waals surface area contributed by atoms with E-state index in [9.17, 15) is 0 Å². The summed E-state index contributed by atoms with van der Waals surface area (Å²) in [5.41, 5.74) is 1.12. The molecule has 18 heavy (non-hydrogen) atoms. The van der Waals surface area contributed by atoms with Crippen molar-refractivity contribution in [3.63, 3.8) is 0 Å². The van der Waals surface area contributed by atoms with Gasteiger partial charge in [-0.25, -0.2) is 0 Å². The quantitative estimate of drug-likeness (QED) is 0.802. The maximum Gasteiger partial charge on any atom is 0.183 e. The van der Waals surface area contributed by atoms with Crippen molar-refractivity contribution in [1.82, 2.24) is 4.90 Å². The summed E-state index contributed by atoms with van der Waals surface area (Å²) in [5, 5.41) is 0. The Balaban J connectivity index is 1.54. The normalized spacial score (nSPS) is 30.2. The maximum atomic E-state index is 5.87. The predicted octanol–water partition coefficient (Wildman–Crippen LogP) is 2.59. The monoisotopic (exact) mass is 247 g/mol. The maximum absolute atomic E-state index is 5.87. The van der Waals surface area contributed by atoms with Gasteiger partial charge in [0, 0.05) is 5.56 Å². The first kappa shape index (κ1) is 12.2. The summed E-state index contributed by atoms with van der Waals surface area (Å²) >= 11 is 0. The van der Waals surface area contributed by atoms with Crippen molar-refractivity contribution in [2.45, 2.75) is 31.6 Å². The molecule has 0 bridgehead atoms. The average molecular weight is 247 g/mol. The van der Waals surface area contributed by atoms with Crippen molar-refractivity contribution < 1.29 is 9.47 Å². The summed E-state index contributed by atoms with van der Waals surface area (Å²) in [6.45, 7) is 3.99. The number of ether oxygens (including phenoxy) is 2. The van der Waals surface area contributed by atoms with Crippen molar-refractivity contribution in [3.05, 3.63) is 35.9 Å². The van der Waals surface area contributed by atoms with E-state index in [0.717, 1.165) is 18.8 Å². The van der Waals surface area contributed by atoms with E-state index in [1.807, 2.05) is 18.2 Å². The van der Waals surface area contributed by atoms with Crippen LogP contribution in [0.25, 0.3) is 0 Å². The second-order valence-corrected chi connectivity index (χ2v) is 5.16. The Kier molecular flexibility index (Phi) is 3.93. The fraction of sp³-hybridized carbons (Fsp3) is 0.600. The van der Waals surface area contributed by atoms with E-state index in [0.29, 0.717) is 6.04 Å². The first-order valence-corrected chi connectivity index (χ1v) is 6.96. The zero-order valence-corrected chi connectivity index (χ0v) is 10.8. The van der Waals surface area contributed by atoms with Gasteiger partial charge in [0.15, 0.2) is 6.29 Å². The lowest BCUT2D eigenvalue weighted by Crippen LogP contribution is -2.47. The molecule has 2 heterocycles. The molecule has 0 aliphatic carbocycles. The fourth-order valence-corrected chi connectivity index (χ4v) is 2.79. The van der Waals surface area contributed by atoms with Crippen molar-refractivity contribution in [2.75, 3.05) is 26.3 Å². The molecule has 2 aliphatic heterocycles. The highest BCUT2D eigenvalue weighted by molar-refractivity contribution is 5.16. The molecular weight excluding hydrogens is 226 g/mol. The molecule has 1 aromatic carbocycles. The number of piperidine rings is 1. The SMILES string of the molecule is c1ccc(C2OCC(N3CCCCC3)CO2)cc1. The number of rotatable bonds is 2. The molecule has 3 nitrogen and oxygen atoms in total. The Hall–Kier alpha value is -0.900. The number of likely N-dealkylation sites (tertiary alicyclic amines) is 1. The van der Waals surface area contributed by atoms with E-state index in [2.05, 4.69) is 17.0 Å². The first-order chi connectivity index (χ1) is 8.93. The molecule has 0 saturated carbocycles. The van der Waals surface area contributed by atoms with Crippen LogP contribution in [0.1, 0.15) is 31.1 Å². The van der Waals surface area contributed by atoms with Crippen LogP contribution < -0.4 is 0 Å². The largest absolute Gasteiger partial charge is 0.347 e. The minimum absolute atomic E-state index is 0.174. The van der Waals surface area contributed by atoms with Gasteiger partial charge in [-0.2, -0.15) is 0 Å². The molecule has 3 heteroatoms. The van der Waals surface area contributed by atoms with Crippen LogP contribution in [0.3, 0.4) is 0 Å². The van der Waals surface area contributed by atoms with Crippen molar-refractivity contribution in [3.8, 4) is 0 Å². The lowest BCUT2D eigenvalue weighted by Gasteiger charge is -2.38. The van der Waals surface area contributed by atoms with Crippen LogP contribution >= 0.6 is 0 Å². The molecule has 1 aromatic rings. The van der Waals surface area contributed by atoms with Gasteiger partial charge in [-0.1, -0.05) is 36.8 Å². The number of benzene rings is 1. The molecule has 0 radical (unpaired) electrons. The predicted molar refractivity (Wildman–Crippen MR) is 70.3 cm³/mol. The van der Waals surface area contributed by atoms with Crippen LogP contribution in [0.2, 0.25) is 0 Å². The van der Waals surface area contributed by atoms with Crippen LogP contribution in [0.15, 0.2) is 30.3 Å². The second kappa shape index (κ2) is 5.83. The van der Waals surface area contributed by atoms with Gasteiger partial charge in [0.2, 0.25) is 0 Å². The van der Waals surface area contributed by atoms with E-state index in [1.54, 1.807) is 0 Å². The molecule has 2 aliphatic rings. The molecule has 0 atom stereocenters. The molecule has 0 N–H and O–H groups in total. The van der Waals surface area contributed by atoms with E-state index >= 15 is 0 Å². The summed E-state index contributed by atoms with van der Waals surface area (Å²) in [4.78, 5) is 2.52. The van der Waals surface area contributed by atoms with Crippen LogP contribution in [0.4, 0.5) is 0 Å². The molecule has 0 aromatic heterocycles. The number of hydrogen-bond acceptors (Lipinski definition) is 3. The lowest BCUT2D eigenvalue weighted by atomic mass is 10.1. The standard InChI is InChI=1S/C15H21NO2/c1-3-7-13(8-4-1)15-17-11-14(12-18-15)16-9-5-2-6-10-16/h1,3-4,7-8,14-15H,2,5-6,9-12H2. The summed E-state index contributed by atoms with van der Waals surface area (Å²) < 4.78 is 11.7. The van der Waals surface area contributed by atoms with Crippen LogP contribution in [0.5, 0.6) is 0 Å². The molecule has 2 saturated heterocycles.